The van der Waals surface area contributed by atoms with Crippen LogP contribution < -0.4 is 4.90 Å². The van der Waals surface area contributed by atoms with E-state index in [2.05, 4.69) is 43.0 Å². The summed E-state index contributed by atoms with van der Waals surface area (Å²) < 4.78 is 0. The standard InChI is InChI=1S/C25H27N3O2/c1-18-7-6-10-21-19(2)17-23(26-25(18)21)27-13-15-28(16-14-27)24(30)12-11-22(29)20-8-4-3-5-9-20/h3-10,17H,11-16H2,1-2H3. The van der Waals surface area contributed by atoms with Gasteiger partial charge in [0.15, 0.2) is 5.78 Å². The topological polar surface area (TPSA) is 53.5 Å². The largest absolute Gasteiger partial charge is 0.353 e. The SMILES string of the molecule is Cc1cc(N2CCN(C(=O)CCC(=O)c3ccccc3)CC2)nc2c(C)cccc12. The van der Waals surface area contributed by atoms with E-state index in [1.165, 1.54) is 16.5 Å². The van der Waals surface area contributed by atoms with Gasteiger partial charge < -0.3 is 9.80 Å². The Morgan fingerprint density at radius 3 is 2.33 bits per heavy atom. The molecule has 1 aliphatic rings. The first-order valence-corrected chi connectivity index (χ1v) is 10.5. The van der Waals surface area contributed by atoms with Gasteiger partial charge in [-0.2, -0.15) is 0 Å². The molecule has 0 bridgehead atoms. The van der Waals surface area contributed by atoms with E-state index < -0.39 is 0 Å². The van der Waals surface area contributed by atoms with Crippen LogP contribution in [-0.4, -0.2) is 47.8 Å². The predicted octanol–water partition coefficient (Wildman–Crippen LogP) is 4.16. The van der Waals surface area contributed by atoms with E-state index in [1.54, 1.807) is 12.1 Å². The fourth-order valence-corrected chi connectivity index (χ4v) is 4.04. The van der Waals surface area contributed by atoms with Gasteiger partial charge in [0.25, 0.3) is 0 Å². The molecule has 1 amide bonds. The van der Waals surface area contributed by atoms with Crippen molar-refractivity contribution in [3.63, 3.8) is 0 Å². The number of pyridine rings is 1. The molecule has 0 N–H and O–H groups in total. The highest BCUT2D eigenvalue weighted by atomic mass is 16.2. The molecule has 1 aromatic heterocycles. The number of rotatable bonds is 5. The zero-order valence-electron chi connectivity index (χ0n) is 17.6. The Morgan fingerprint density at radius 2 is 1.60 bits per heavy atom. The summed E-state index contributed by atoms with van der Waals surface area (Å²) in [5, 5.41) is 1.19. The van der Waals surface area contributed by atoms with Gasteiger partial charge in [-0.1, -0.05) is 48.5 Å². The first kappa shape index (κ1) is 20.1. The molecule has 5 nitrogen and oxygen atoms in total. The number of hydrogen-bond acceptors (Lipinski definition) is 4. The molecule has 0 spiro atoms. The zero-order chi connectivity index (χ0) is 21.1. The van der Waals surface area contributed by atoms with Crippen molar-refractivity contribution < 1.29 is 9.59 Å². The summed E-state index contributed by atoms with van der Waals surface area (Å²) in [4.78, 5) is 33.9. The van der Waals surface area contributed by atoms with Gasteiger partial charge in [-0.15, -0.1) is 0 Å². The summed E-state index contributed by atoms with van der Waals surface area (Å²) in [5.74, 6) is 1.05. The van der Waals surface area contributed by atoms with Crippen molar-refractivity contribution in [3.8, 4) is 0 Å². The summed E-state index contributed by atoms with van der Waals surface area (Å²) in [6, 6.07) is 17.6. The molecule has 0 radical (unpaired) electrons. The third-order valence-electron chi connectivity index (χ3n) is 5.85. The van der Waals surface area contributed by atoms with Crippen LogP contribution in [0, 0.1) is 13.8 Å². The maximum Gasteiger partial charge on any atom is 0.223 e. The number of para-hydroxylation sites is 1. The van der Waals surface area contributed by atoms with Gasteiger partial charge in [0.05, 0.1) is 5.52 Å². The van der Waals surface area contributed by atoms with Gasteiger partial charge in [-0.25, -0.2) is 4.98 Å². The maximum atomic E-state index is 12.6. The molecule has 0 aliphatic carbocycles. The molecular formula is C25H27N3O2. The van der Waals surface area contributed by atoms with Crippen molar-refractivity contribution in [2.45, 2.75) is 26.7 Å². The number of anilines is 1. The lowest BCUT2D eigenvalue weighted by Crippen LogP contribution is -2.49. The van der Waals surface area contributed by atoms with Gasteiger partial charge in [0.2, 0.25) is 5.91 Å². The number of carbonyl (C=O) groups is 2. The van der Waals surface area contributed by atoms with Gasteiger partial charge in [-0.3, -0.25) is 9.59 Å². The Morgan fingerprint density at radius 1 is 0.867 bits per heavy atom. The Labute approximate surface area is 177 Å². The number of fused-ring (bicyclic) bond motifs is 1. The number of amides is 1. The Balaban J connectivity index is 1.36. The molecule has 30 heavy (non-hydrogen) atoms. The lowest BCUT2D eigenvalue weighted by molar-refractivity contribution is -0.131. The Kier molecular flexibility index (Phi) is 5.79. The van der Waals surface area contributed by atoms with Gasteiger partial charge in [0.1, 0.15) is 5.82 Å². The molecule has 1 fully saturated rings. The van der Waals surface area contributed by atoms with Crippen molar-refractivity contribution >= 4 is 28.4 Å². The molecule has 1 saturated heterocycles. The molecule has 0 atom stereocenters. The number of benzene rings is 2. The molecule has 5 heteroatoms. The molecule has 2 aromatic carbocycles. The van der Waals surface area contributed by atoms with Crippen molar-refractivity contribution in [1.82, 2.24) is 9.88 Å². The second-order valence-corrected chi connectivity index (χ2v) is 7.93. The summed E-state index contributed by atoms with van der Waals surface area (Å²) in [5.41, 5.74) is 4.11. The zero-order valence-corrected chi connectivity index (χ0v) is 17.6. The average molecular weight is 402 g/mol. The molecule has 154 valence electrons. The maximum absolute atomic E-state index is 12.6. The lowest BCUT2D eigenvalue weighted by Gasteiger charge is -2.35. The van der Waals surface area contributed by atoms with Gasteiger partial charge in [-0.05, 0) is 31.0 Å². The van der Waals surface area contributed by atoms with Crippen LogP contribution in [0.4, 0.5) is 5.82 Å². The van der Waals surface area contributed by atoms with Crippen LogP contribution in [0.2, 0.25) is 0 Å². The highest BCUT2D eigenvalue weighted by Crippen LogP contribution is 2.25. The highest BCUT2D eigenvalue weighted by molar-refractivity contribution is 5.97. The summed E-state index contributed by atoms with van der Waals surface area (Å²) >= 11 is 0. The van der Waals surface area contributed by atoms with Crippen LogP contribution in [0.1, 0.15) is 34.3 Å². The number of carbonyl (C=O) groups excluding carboxylic acids is 2. The smallest absolute Gasteiger partial charge is 0.223 e. The molecule has 0 saturated carbocycles. The van der Waals surface area contributed by atoms with Crippen LogP contribution in [-0.2, 0) is 4.79 Å². The van der Waals surface area contributed by atoms with E-state index in [4.69, 9.17) is 4.98 Å². The third kappa shape index (κ3) is 4.20. The van der Waals surface area contributed by atoms with Crippen LogP contribution in [0.25, 0.3) is 10.9 Å². The van der Waals surface area contributed by atoms with E-state index in [-0.39, 0.29) is 24.5 Å². The molecule has 4 rings (SSSR count). The average Bonchev–Trinajstić information content (AvgIpc) is 2.78. The number of aryl methyl sites for hydroxylation is 2. The number of Topliss-reactive ketones (excluding diaryl/α,β-unsaturated/α-hetero) is 1. The minimum atomic E-state index is 0.0220. The van der Waals surface area contributed by atoms with E-state index in [1.807, 2.05) is 23.1 Å². The van der Waals surface area contributed by atoms with Crippen molar-refractivity contribution in [1.29, 1.82) is 0 Å². The van der Waals surface area contributed by atoms with E-state index in [0.717, 1.165) is 24.4 Å². The van der Waals surface area contributed by atoms with Gasteiger partial charge >= 0.3 is 0 Å². The quantitative estimate of drug-likeness (QED) is 0.603. The molecular weight excluding hydrogens is 374 g/mol. The monoisotopic (exact) mass is 401 g/mol. The van der Waals surface area contributed by atoms with Crippen LogP contribution in [0.15, 0.2) is 54.6 Å². The Bertz CT molecular complexity index is 1070. The van der Waals surface area contributed by atoms with E-state index in [9.17, 15) is 9.59 Å². The van der Waals surface area contributed by atoms with E-state index in [0.29, 0.717) is 18.7 Å². The predicted molar refractivity (Wildman–Crippen MR) is 120 cm³/mol. The summed E-state index contributed by atoms with van der Waals surface area (Å²) in [6.45, 7) is 7.03. The van der Waals surface area contributed by atoms with E-state index >= 15 is 0 Å². The normalized spacial score (nSPS) is 14.2. The van der Waals surface area contributed by atoms with Crippen molar-refractivity contribution in [3.05, 3.63) is 71.3 Å². The molecule has 1 aliphatic heterocycles. The Hall–Kier alpha value is -3.21. The molecule has 0 unspecified atom stereocenters. The van der Waals surface area contributed by atoms with Crippen LogP contribution in [0.3, 0.4) is 0 Å². The summed E-state index contributed by atoms with van der Waals surface area (Å²) in [6.07, 6.45) is 0.522. The highest BCUT2D eigenvalue weighted by Gasteiger charge is 2.23. The number of ketones is 1. The van der Waals surface area contributed by atoms with Crippen LogP contribution >= 0.6 is 0 Å². The van der Waals surface area contributed by atoms with Crippen molar-refractivity contribution in [2.24, 2.45) is 0 Å². The number of aromatic nitrogens is 1. The van der Waals surface area contributed by atoms with Crippen LogP contribution in [0.5, 0.6) is 0 Å². The number of hydrogen-bond donors (Lipinski definition) is 0. The number of nitrogens with zero attached hydrogens (tertiary/aromatic N) is 3. The third-order valence-corrected chi connectivity index (χ3v) is 5.85. The summed E-state index contributed by atoms with van der Waals surface area (Å²) in [7, 11) is 0. The molecule has 3 aromatic rings. The fraction of sp³-hybridized carbons (Fsp3) is 0.320. The second kappa shape index (κ2) is 8.66. The second-order valence-electron chi connectivity index (χ2n) is 7.93. The first-order valence-electron chi connectivity index (χ1n) is 10.5. The number of piperazine rings is 1. The van der Waals surface area contributed by atoms with Gasteiger partial charge in [0, 0.05) is 50.0 Å². The van der Waals surface area contributed by atoms with Crippen molar-refractivity contribution in [2.75, 3.05) is 31.1 Å². The minimum absolute atomic E-state index is 0.0220. The fourth-order valence-electron chi connectivity index (χ4n) is 4.04. The molecule has 2 heterocycles. The minimum Gasteiger partial charge on any atom is -0.353 e. The first-order chi connectivity index (χ1) is 14.5. The lowest BCUT2D eigenvalue weighted by atomic mass is 10.1.